The molecule has 4 N–H and O–H groups in total. The van der Waals surface area contributed by atoms with E-state index in [-0.39, 0.29) is 0 Å². The highest BCUT2D eigenvalue weighted by Gasteiger charge is 2.29. The first-order chi connectivity index (χ1) is 31.5. The number of aromatic amines is 2. The van der Waals surface area contributed by atoms with Crippen LogP contribution in [0.15, 0.2) is 110 Å². The number of nitrogens with zero attached hydrogens (tertiary/aromatic N) is 10. The molecule has 0 saturated heterocycles. The number of benzene rings is 1. The van der Waals surface area contributed by atoms with Crippen LogP contribution in [0, 0.1) is 19.8 Å². The highest BCUT2D eigenvalue weighted by Crippen LogP contribution is 2.34. The normalized spacial score (nSPS) is 17.8. The Labute approximate surface area is 371 Å². The Balaban J connectivity index is 0.795. The molecular weight excluding hydrogens is 797 g/mol. The summed E-state index contributed by atoms with van der Waals surface area (Å²) < 4.78 is 6.16. The summed E-state index contributed by atoms with van der Waals surface area (Å²) >= 11 is 0. The lowest BCUT2D eigenvalue weighted by Gasteiger charge is -2.28. The van der Waals surface area contributed by atoms with Gasteiger partial charge in [-0.3, -0.25) is 9.97 Å². The predicted octanol–water partition coefficient (Wildman–Crippen LogP) is 8.26. The van der Waals surface area contributed by atoms with Crippen molar-refractivity contribution in [3.63, 3.8) is 0 Å². The SMILES string of the molecule is Cc1cccc(-c2[nH]c(CNCC3CCCC([n+]4cnn5cc(-c6nc(CN[C@@H]7CCCCc8ccccc87)[nH]c6-c6cccc(C)n6)ccc54)C3)nc2-c2ccc3ncnn3c2)n1. The van der Waals surface area contributed by atoms with Crippen molar-refractivity contribution in [2.24, 2.45) is 5.92 Å². The van der Waals surface area contributed by atoms with Crippen molar-refractivity contribution in [1.29, 1.82) is 0 Å². The number of H-pyrrole nitrogens is 2. The molecule has 0 spiro atoms. The molecule has 0 aliphatic heterocycles. The molecule has 64 heavy (non-hydrogen) atoms. The molecule has 1 aromatic carbocycles. The standard InChI is InChI=1S/C50H53N14/c1-32-10-7-18-41(56-32)49-47(36-20-22-45-53-30-54-63(45)28-36)58-43(60-49)26-51-25-34-12-9-15-38(24-34)62-31-55-64-29-37(21-23-46(62)64)48-50(42-19-8-11-33(2)57-42)61-44(59-48)27-52-40-17-6-4-14-35-13-3-5-16-39(35)40/h3,5,7-8,10-11,13,16,18-23,28-31,34,38,40,51-52H,4,6,9,12,14-15,17,24-27H2,1-2H3,(H,58,60)(H,59,61)/q+1/t34?,38?,40-/m1/s1. The maximum absolute atomic E-state index is 5.23. The fourth-order valence-electron chi connectivity index (χ4n) is 9.94. The molecule has 2 unspecified atom stereocenters. The Morgan fingerprint density at radius 3 is 2.20 bits per heavy atom. The van der Waals surface area contributed by atoms with E-state index in [0.29, 0.717) is 31.1 Å². The van der Waals surface area contributed by atoms with Crippen LogP contribution in [0.25, 0.3) is 56.6 Å². The number of aryl methyl sites for hydroxylation is 3. The van der Waals surface area contributed by atoms with Gasteiger partial charge in [-0.1, -0.05) is 47.3 Å². The molecule has 1 saturated carbocycles. The maximum atomic E-state index is 5.23. The number of hydrogen-bond acceptors (Lipinski definition) is 9. The Morgan fingerprint density at radius 2 is 1.42 bits per heavy atom. The third kappa shape index (κ3) is 8.10. The van der Waals surface area contributed by atoms with Gasteiger partial charge in [0.15, 0.2) is 5.65 Å². The summed E-state index contributed by atoms with van der Waals surface area (Å²) in [7, 11) is 0. The molecule has 3 atom stereocenters. The van der Waals surface area contributed by atoms with E-state index in [0.717, 1.165) is 112 Å². The highest BCUT2D eigenvalue weighted by atomic mass is 15.3. The molecule has 11 rings (SSSR count). The molecule has 9 aromatic rings. The third-order valence-electron chi connectivity index (χ3n) is 13.1. The molecule has 0 bridgehead atoms. The van der Waals surface area contributed by atoms with Crippen LogP contribution < -0.4 is 15.2 Å². The van der Waals surface area contributed by atoms with E-state index in [2.05, 4.69) is 90.0 Å². The van der Waals surface area contributed by atoms with E-state index in [9.17, 15) is 0 Å². The number of imidazole rings is 2. The largest absolute Gasteiger partial charge is 0.339 e. The highest BCUT2D eigenvalue weighted by molar-refractivity contribution is 5.78. The van der Waals surface area contributed by atoms with Gasteiger partial charge in [-0.05, 0) is 125 Å². The Hall–Kier alpha value is -6.90. The van der Waals surface area contributed by atoms with Crippen molar-refractivity contribution in [2.75, 3.05) is 6.54 Å². The van der Waals surface area contributed by atoms with Crippen molar-refractivity contribution < 1.29 is 4.57 Å². The van der Waals surface area contributed by atoms with Gasteiger partial charge in [0, 0.05) is 45.9 Å². The van der Waals surface area contributed by atoms with Crippen LogP contribution in [-0.4, -0.2) is 60.7 Å². The van der Waals surface area contributed by atoms with E-state index in [4.69, 9.17) is 25.0 Å². The average molecular weight is 850 g/mol. The monoisotopic (exact) mass is 849 g/mol. The van der Waals surface area contributed by atoms with Gasteiger partial charge in [-0.25, -0.2) is 24.0 Å². The Kier molecular flexibility index (Phi) is 10.8. The minimum atomic E-state index is 0.298. The molecular formula is C50H53N14+. The summed E-state index contributed by atoms with van der Waals surface area (Å²) in [4.78, 5) is 31.7. The molecule has 2 aliphatic carbocycles. The lowest BCUT2D eigenvalue weighted by atomic mass is 9.85. The molecule has 0 radical (unpaired) electrons. The van der Waals surface area contributed by atoms with Crippen LogP contribution in [0.2, 0.25) is 0 Å². The minimum absolute atomic E-state index is 0.298. The fraction of sp³-hybridized carbons (Fsp3) is 0.320. The first-order valence-electron chi connectivity index (χ1n) is 22.8. The van der Waals surface area contributed by atoms with Gasteiger partial charge in [-0.2, -0.15) is 5.10 Å². The zero-order chi connectivity index (χ0) is 43.0. The number of fused-ring (bicyclic) bond motifs is 3. The molecule has 322 valence electrons. The van der Waals surface area contributed by atoms with Crippen LogP contribution >= 0.6 is 0 Å². The average Bonchev–Trinajstić information content (AvgIpc) is 4.13. The minimum Gasteiger partial charge on any atom is -0.339 e. The summed E-state index contributed by atoms with van der Waals surface area (Å²) in [5, 5.41) is 16.9. The Bertz CT molecular complexity index is 3080. The number of rotatable bonds is 12. The smallest absolute Gasteiger partial charge is 0.266 e. The molecule has 0 amide bonds. The van der Waals surface area contributed by atoms with Gasteiger partial charge < -0.3 is 20.6 Å². The van der Waals surface area contributed by atoms with E-state index in [1.54, 1.807) is 10.8 Å². The van der Waals surface area contributed by atoms with Gasteiger partial charge in [-0.15, -0.1) is 0 Å². The van der Waals surface area contributed by atoms with Gasteiger partial charge in [0.1, 0.15) is 29.9 Å². The summed E-state index contributed by atoms with van der Waals surface area (Å²) in [6, 6.07) is 30.2. The number of aromatic nitrogens is 12. The van der Waals surface area contributed by atoms with Crippen molar-refractivity contribution in [3.05, 3.63) is 144 Å². The first kappa shape index (κ1) is 39.9. The summed E-state index contributed by atoms with van der Waals surface area (Å²) in [5.74, 6) is 2.29. The maximum Gasteiger partial charge on any atom is 0.266 e. The number of hydrogen-bond donors (Lipinski definition) is 4. The molecule has 8 heterocycles. The third-order valence-corrected chi connectivity index (χ3v) is 13.1. The quantitative estimate of drug-likeness (QED) is 0.0702. The zero-order valence-corrected chi connectivity index (χ0v) is 36.4. The zero-order valence-electron chi connectivity index (χ0n) is 36.4. The van der Waals surface area contributed by atoms with Crippen LogP contribution in [0.1, 0.15) is 91.2 Å². The first-order valence-corrected chi connectivity index (χ1v) is 22.8. The molecule has 14 heteroatoms. The number of pyridine rings is 4. The number of nitrogens with one attached hydrogen (secondary N) is 4. The molecule has 14 nitrogen and oxygen atoms in total. The molecule has 2 aliphatic rings. The van der Waals surface area contributed by atoms with Gasteiger partial charge in [0.05, 0.1) is 47.6 Å². The second kappa shape index (κ2) is 17.3. The van der Waals surface area contributed by atoms with E-state index in [1.807, 2.05) is 67.3 Å². The summed E-state index contributed by atoms with van der Waals surface area (Å²) in [5.41, 5.74) is 13.9. The lowest BCUT2D eigenvalue weighted by Crippen LogP contribution is -2.42. The van der Waals surface area contributed by atoms with Crippen molar-refractivity contribution in [1.82, 2.24) is 64.7 Å². The summed E-state index contributed by atoms with van der Waals surface area (Å²) in [6.45, 7) is 6.20. The van der Waals surface area contributed by atoms with Gasteiger partial charge in [0.25, 0.3) is 12.0 Å². The fourth-order valence-corrected chi connectivity index (χ4v) is 9.94. The van der Waals surface area contributed by atoms with Crippen molar-refractivity contribution in [2.45, 2.75) is 90.4 Å². The van der Waals surface area contributed by atoms with E-state index < -0.39 is 0 Å². The lowest BCUT2D eigenvalue weighted by molar-refractivity contribution is -0.703. The second-order valence-electron chi connectivity index (χ2n) is 17.6. The van der Waals surface area contributed by atoms with Crippen molar-refractivity contribution >= 4 is 11.3 Å². The molecule has 1 fully saturated rings. The van der Waals surface area contributed by atoms with Crippen LogP contribution in [0.4, 0.5) is 0 Å². The van der Waals surface area contributed by atoms with Crippen LogP contribution in [0.3, 0.4) is 0 Å². The van der Waals surface area contributed by atoms with Gasteiger partial charge >= 0.3 is 0 Å². The Morgan fingerprint density at radius 1 is 0.688 bits per heavy atom. The predicted molar refractivity (Wildman–Crippen MR) is 246 cm³/mol. The van der Waals surface area contributed by atoms with Gasteiger partial charge in [0.2, 0.25) is 0 Å². The summed E-state index contributed by atoms with van der Waals surface area (Å²) in [6.07, 6.45) is 16.9. The molecule has 8 aromatic heterocycles. The topological polar surface area (TPSA) is 159 Å². The second-order valence-corrected chi connectivity index (χ2v) is 17.6. The van der Waals surface area contributed by atoms with Crippen molar-refractivity contribution in [3.8, 4) is 45.3 Å². The van der Waals surface area contributed by atoms with Crippen LogP contribution in [0.5, 0.6) is 0 Å². The van der Waals surface area contributed by atoms with E-state index >= 15 is 0 Å². The van der Waals surface area contributed by atoms with E-state index in [1.165, 1.54) is 36.8 Å². The van der Waals surface area contributed by atoms with Crippen LogP contribution in [-0.2, 0) is 19.5 Å².